The van der Waals surface area contributed by atoms with Crippen molar-refractivity contribution in [1.82, 2.24) is 10.2 Å². The van der Waals surface area contributed by atoms with Gasteiger partial charge in [0.15, 0.2) is 5.76 Å². The lowest BCUT2D eigenvalue weighted by molar-refractivity contribution is 0.0915. The first kappa shape index (κ1) is 18.7. The van der Waals surface area contributed by atoms with Gasteiger partial charge in [-0.05, 0) is 51.2 Å². The summed E-state index contributed by atoms with van der Waals surface area (Å²) in [6.07, 6.45) is 0.875. The Morgan fingerprint density at radius 1 is 1.19 bits per heavy atom. The van der Waals surface area contributed by atoms with Gasteiger partial charge < -0.3 is 14.6 Å². The van der Waals surface area contributed by atoms with Gasteiger partial charge in [-0.3, -0.25) is 4.79 Å². The van der Waals surface area contributed by atoms with Crippen LogP contribution in [-0.2, 0) is 6.42 Å². The molecule has 0 aliphatic heterocycles. The number of carbonyl (C=O) groups excluding carboxylic acids is 1. The first-order valence-electron chi connectivity index (χ1n) is 8.63. The predicted molar refractivity (Wildman–Crippen MR) is 109 cm³/mol. The van der Waals surface area contributed by atoms with Crippen molar-refractivity contribution in [3.63, 3.8) is 0 Å². The minimum atomic E-state index is -0.172. The molecule has 0 saturated heterocycles. The van der Waals surface area contributed by atoms with Crippen LogP contribution in [0.1, 0.15) is 21.7 Å². The summed E-state index contributed by atoms with van der Waals surface area (Å²) in [7, 11) is 4.06. The van der Waals surface area contributed by atoms with Crippen LogP contribution in [0.25, 0.3) is 11.0 Å². The van der Waals surface area contributed by atoms with Gasteiger partial charge in [-0.2, -0.15) is 0 Å². The van der Waals surface area contributed by atoms with Crippen molar-refractivity contribution in [3.05, 3.63) is 69.9 Å². The molecule has 1 amide bonds. The standard InChI is InChI=1S/C21H23BrN2O2/c1-14-18-12-16(22)9-10-19(18)26-20(14)21(25)23-13-17(24(2)3)11-15-7-5-4-6-8-15/h4-10,12,17H,11,13H2,1-3H3,(H,23,25). The molecule has 26 heavy (non-hydrogen) atoms. The summed E-state index contributed by atoms with van der Waals surface area (Å²) >= 11 is 3.46. The minimum Gasteiger partial charge on any atom is -0.451 e. The van der Waals surface area contributed by atoms with Gasteiger partial charge in [-0.25, -0.2) is 0 Å². The Kier molecular flexibility index (Phi) is 5.79. The zero-order valence-corrected chi connectivity index (χ0v) is 16.8. The van der Waals surface area contributed by atoms with Crippen molar-refractivity contribution >= 4 is 32.8 Å². The van der Waals surface area contributed by atoms with E-state index in [9.17, 15) is 4.79 Å². The fourth-order valence-electron chi connectivity index (χ4n) is 3.02. The van der Waals surface area contributed by atoms with Crippen LogP contribution >= 0.6 is 15.9 Å². The third kappa shape index (κ3) is 4.17. The predicted octanol–water partition coefficient (Wildman–Crippen LogP) is 4.41. The molecular weight excluding hydrogens is 392 g/mol. The number of furan rings is 1. The minimum absolute atomic E-state index is 0.172. The molecule has 3 aromatic rings. The molecule has 1 atom stereocenters. The van der Waals surface area contributed by atoms with E-state index in [-0.39, 0.29) is 11.9 Å². The lowest BCUT2D eigenvalue weighted by Gasteiger charge is -2.24. The molecule has 1 N–H and O–H groups in total. The third-order valence-corrected chi connectivity index (χ3v) is 5.14. The van der Waals surface area contributed by atoms with Gasteiger partial charge in [-0.15, -0.1) is 0 Å². The topological polar surface area (TPSA) is 45.5 Å². The molecule has 0 spiro atoms. The maximum absolute atomic E-state index is 12.7. The molecule has 2 aromatic carbocycles. The van der Waals surface area contributed by atoms with Gasteiger partial charge in [-0.1, -0.05) is 46.3 Å². The Labute approximate surface area is 162 Å². The summed E-state index contributed by atoms with van der Waals surface area (Å²) in [4.78, 5) is 14.8. The van der Waals surface area contributed by atoms with E-state index in [4.69, 9.17) is 4.42 Å². The highest BCUT2D eigenvalue weighted by Gasteiger charge is 2.20. The number of likely N-dealkylation sites (N-methyl/N-ethyl adjacent to an activating group) is 1. The monoisotopic (exact) mass is 414 g/mol. The van der Waals surface area contributed by atoms with Crippen LogP contribution < -0.4 is 5.32 Å². The molecule has 136 valence electrons. The fourth-order valence-corrected chi connectivity index (χ4v) is 3.39. The van der Waals surface area contributed by atoms with E-state index < -0.39 is 0 Å². The van der Waals surface area contributed by atoms with Crippen molar-refractivity contribution in [3.8, 4) is 0 Å². The highest BCUT2D eigenvalue weighted by molar-refractivity contribution is 9.10. The second-order valence-corrected chi connectivity index (χ2v) is 7.63. The van der Waals surface area contributed by atoms with Crippen LogP contribution in [0, 0.1) is 6.92 Å². The van der Waals surface area contributed by atoms with Gasteiger partial charge in [0.1, 0.15) is 5.58 Å². The second kappa shape index (κ2) is 8.06. The number of benzene rings is 2. The number of hydrogen-bond donors (Lipinski definition) is 1. The van der Waals surface area contributed by atoms with Crippen LogP contribution in [-0.4, -0.2) is 37.5 Å². The fraction of sp³-hybridized carbons (Fsp3) is 0.286. The van der Waals surface area contributed by atoms with E-state index in [2.05, 4.69) is 38.3 Å². The van der Waals surface area contributed by atoms with Crippen LogP contribution in [0.4, 0.5) is 0 Å². The molecule has 1 aromatic heterocycles. The molecule has 0 saturated carbocycles. The zero-order valence-electron chi connectivity index (χ0n) is 15.3. The Bertz CT molecular complexity index is 903. The van der Waals surface area contributed by atoms with Gasteiger partial charge in [0.05, 0.1) is 0 Å². The summed E-state index contributed by atoms with van der Waals surface area (Å²) in [6.45, 7) is 2.47. The number of hydrogen-bond acceptors (Lipinski definition) is 3. The van der Waals surface area contributed by atoms with Gasteiger partial charge in [0.2, 0.25) is 0 Å². The lowest BCUT2D eigenvalue weighted by Crippen LogP contribution is -2.41. The molecule has 0 radical (unpaired) electrons. The first-order chi connectivity index (χ1) is 12.5. The number of halogens is 1. The Balaban J connectivity index is 1.71. The molecule has 1 unspecified atom stereocenters. The molecule has 3 rings (SSSR count). The molecule has 1 heterocycles. The van der Waals surface area contributed by atoms with Crippen LogP contribution in [0.2, 0.25) is 0 Å². The average Bonchev–Trinajstić information content (AvgIpc) is 2.95. The van der Waals surface area contributed by atoms with E-state index in [1.807, 2.05) is 57.4 Å². The number of amides is 1. The van der Waals surface area contributed by atoms with E-state index in [0.29, 0.717) is 12.3 Å². The first-order valence-corrected chi connectivity index (χ1v) is 9.42. The Morgan fingerprint density at radius 3 is 2.62 bits per heavy atom. The van der Waals surface area contributed by atoms with Crippen LogP contribution in [0.5, 0.6) is 0 Å². The van der Waals surface area contributed by atoms with Crippen LogP contribution in [0.15, 0.2) is 57.4 Å². The normalized spacial score (nSPS) is 12.5. The van der Waals surface area contributed by atoms with E-state index in [0.717, 1.165) is 27.4 Å². The molecule has 0 aliphatic rings. The quantitative estimate of drug-likeness (QED) is 0.649. The highest BCUT2D eigenvalue weighted by Crippen LogP contribution is 2.28. The number of nitrogens with zero attached hydrogens (tertiary/aromatic N) is 1. The van der Waals surface area contributed by atoms with Crippen molar-refractivity contribution in [1.29, 1.82) is 0 Å². The maximum Gasteiger partial charge on any atom is 0.287 e. The summed E-state index contributed by atoms with van der Waals surface area (Å²) in [5, 5.41) is 3.99. The SMILES string of the molecule is Cc1c(C(=O)NCC(Cc2ccccc2)N(C)C)oc2ccc(Br)cc12. The van der Waals surface area contributed by atoms with E-state index in [1.54, 1.807) is 0 Å². The number of rotatable bonds is 6. The van der Waals surface area contributed by atoms with E-state index >= 15 is 0 Å². The zero-order chi connectivity index (χ0) is 18.7. The number of nitrogens with one attached hydrogen (secondary N) is 1. The molecule has 0 fully saturated rings. The summed E-state index contributed by atoms with van der Waals surface area (Å²) in [6, 6.07) is 16.3. The molecular formula is C21H23BrN2O2. The number of carbonyl (C=O) groups is 1. The summed E-state index contributed by atoms with van der Waals surface area (Å²) in [5.41, 5.74) is 2.85. The lowest BCUT2D eigenvalue weighted by atomic mass is 10.1. The largest absolute Gasteiger partial charge is 0.451 e. The van der Waals surface area contributed by atoms with Gasteiger partial charge in [0, 0.05) is 28.0 Å². The smallest absolute Gasteiger partial charge is 0.287 e. The van der Waals surface area contributed by atoms with Crippen molar-refractivity contribution in [2.75, 3.05) is 20.6 Å². The maximum atomic E-state index is 12.7. The Morgan fingerprint density at radius 2 is 1.92 bits per heavy atom. The van der Waals surface area contributed by atoms with Crippen molar-refractivity contribution in [2.45, 2.75) is 19.4 Å². The second-order valence-electron chi connectivity index (χ2n) is 6.71. The van der Waals surface area contributed by atoms with Crippen LogP contribution in [0.3, 0.4) is 0 Å². The number of fused-ring (bicyclic) bond motifs is 1. The highest BCUT2D eigenvalue weighted by atomic mass is 79.9. The number of aryl methyl sites for hydroxylation is 1. The third-order valence-electron chi connectivity index (χ3n) is 4.65. The van der Waals surface area contributed by atoms with Gasteiger partial charge in [0.25, 0.3) is 5.91 Å². The molecule has 5 heteroatoms. The van der Waals surface area contributed by atoms with Crippen molar-refractivity contribution in [2.24, 2.45) is 0 Å². The molecule has 0 bridgehead atoms. The molecule has 4 nitrogen and oxygen atoms in total. The summed E-state index contributed by atoms with van der Waals surface area (Å²) in [5.74, 6) is 0.213. The van der Waals surface area contributed by atoms with E-state index in [1.165, 1.54) is 5.56 Å². The van der Waals surface area contributed by atoms with Gasteiger partial charge >= 0.3 is 0 Å². The summed E-state index contributed by atoms with van der Waals surface area (Å²) < 4.78 is 6.75. The Hall–Kier alpha value is -2.11. The molecule has 0 aliphatic carbocycles. The average molecular weight is 415 g/mol. The van der Waals surface area contributed by atoms with Crippen molar-refractivity contribution < 1.29 is 9.21 Å².